The summed E-state index contributed by atoms with van der Waals surface area (Å²) < 4.78 is 10.7. The van der Waals surface area contributed by atoms with Crippen LogP contribution in [0.15, 0.2) is 50.7 Å². The smallest absolute Gasteiger partial charge is 0.266 e. The van der Waals surface area contributed by atoms with E-state index in [2.05, 4.69) is 4.99 Å². The molecule has 0 bridgehead atoms. The quantitative estimate of drug-likeness (QED) is 0.781. The SMILES string of the molecule is CCN1C(=O)/C(=C\c2ccc(C)o2)SC1=Nc1ccc(OC)cc1. The standard InChI is InChI=1S/C18H18N2O3S/c1-4-20-17(21)16(11-15-8-5-12(2)23-15)24-18(20)19-13-6-9-14(22-3)10-7-13/h5-11H,4H2,1-3H3/b16-11+,19-18?. The molecule has 2 heterocycles. The van der Waals surface area contributed by atoms with Gasteiger partial charge in [-0.05, 0) is 62.0 Å². The lowest BCUT2D eigenvalue weighted by molar-refractivity contribution is -0.122. The number of furan rings is 1. The number of thioether (sulfide) groups is 1. The van der Waals surface area contributed by atoms with Crippen LogP contribution in [-0.4, -0.2) is 29.6 Å². The fraction of sp³-hybridized carbons (Fsp3) is 0.222. The molecular formula is C18H18N2O3S. The highest BCUT2D eigenvalue weighted by molar-refractivity contribution is 8.18. The van der Waals surface area contributed by atoms with E-state index in [-0.39, 0.29) is 5.91 Å². The van der Waals surface area contributed by atoms with Crippen LogP contribution in [0.3, 0.4) is 0 Å². The molecule has 3 rings (SSSR count). The fourth-order valence-electron chi connectivity index (χ4n) is 2.30. The van der Waals surface area contributed by atoms with E-state index in [1.54, 1.807) is 18.1 Å². The third kappa shape index (κ3) is 3.38. The average molecular weight is 342 g/mol. The third-order valence-electron chi connectivity index (χ3n) is 3.54. The first kappa shape index (κ1) is 16.4. The molecule has 0 saturated carbocycles. The van der Waals surface area contributed by atoms with Crippen molar-refractivity contribution in [1.82, 2.24) is 4.90 Å². The molecule has 24 heavy (non-hydrogen) atoms. The number of amidine groups is 1. The van der Waals surface area contributed by atoms with E-state index in [9.17, 15) is 4.79 Å². The van der Waals surface area contributed by atoms with E-state index >= 15 is 0 Å². The number of carbonyl (C=O) groups excluding carboxylic acids is 1. The van der Waals surface area contributed by atoms with Crippen LogP contribution in [0.2, 0.25) is 0 Å². The summed E-state index contributed by atoms with van der Waals surface area (Å²) >= 11 is 1.36. The Bertz CT molecular complexity index is 806. The zero-order valence-electron chi connectivity index (χ0n) is 13.8. The zero-order valence-corrected chi connectivity index (χ0v) is 14.6. The highest BCUT2D eigenvalue weighted by atomic mass is 32.2. The Labute approximate surface area is 145 Å². The van der Waals surface area contributed by atoms with Crippen molar-refractivity contribution in [1.29, 1.82) is 0 Å². The molecule has 6 heteroatoms. The highest BCUT2D eigenvalue weighted by Gasteiger charge is 2.32. The van der Waals surface area contributed by atoms with E-state index in [0.717, 1.165) is 17.2 Å². The molecular weight excluding hydrogens is 324 g/mol. The van der Waals surface area contributed by atoms with Gasteiger partial charge in [0.25, 0.3) is 5.91 Å². The first-order chi connectivity index (χ1) is 11.6. The van der Waals surface area contributed by atoms with Gasteiger partial charge in [-0.2, -0.15) is 0 Å². The van der Waals surface area contributed by atoms with Crippen molar-refractivity contribution in [2.45, 2.75) is 13.8 Å². The molecule has 0 aliphatic carbocycles. The van der Waals surface area contributed by atoms with Gasteiger partial charge in [0, 0.05) is 12.6 Å². The number of aliphatic imine (C=N–C) groups is 1. The predicted molar refractivity (Wildman–Crippen MR) is 96.5 cm³/mol. The molecule has 0 unspecified atom stereocenters. The van der Waals surface area contributed by atoms with Crippen LogP contribution in [0, 0.1) is 6.92 Å². The van der Waals surface area contributed by atoms with Crippen LogP contribution < -0.4 is 4.74 Å². The van der Waals surface area contributed by atoms with Gasteiger partial charge in [-0.25, -0.2) is 4.99 Å². The van der Waals surface area contributed by atoms with Gasteiger partial charge in [-0.15, -0.1) is 0 Å². The fourth-order valence-corrected chi connectivity index (χ4v) is 3.34. The topological polar surface area (TPSA) is 55.0 Å². The van der Waals surface area contributed by atoms with Gasteiger partial charge in [-0.1, -0.05) is 0 Å². The Morgan fingerprint density at radius 2 is 2.00 bits per heavy atom. The van der Waals surface area contributed by atoms with E-state index in [1.807, 2.05) is 50.2 Å². The third-order valence-corrected chi connectivity index (χ3v) is 4.54. The van der Waals surface area contributed by atoms with Crippen molar-refractivity contribution < 1.29 is 13.9 Å². The number of likely N-dealkylation sites (N-methyl/N-ethyl adjacent to an activating group) is 1. The minimum absolute atomic E-state index is 0.0520. The summed E-state index contributed by atoms with van der Waals surface area (Å²) in [5.74, 6) is 2.21. The van der Waals surface area contributed by atoms with Crippen molar-refractivity contribution in [3.05, 3.63) is 52.8 Å². The molecule has 5 nitrogen and oxygen atoms in total. The lowest BCUT2D eigenvalue weighted by atomic mass is 10.3. The maximum absolute atomic E-state index is 12.5. The maximum Gasteiger partial charge on any atom is 0.266 e. The van der Waals surface area contributed by atoms with Gasteiger partial charge in [-0.3, -0.25) is 9.69 Å². The van der Waals surface area contributed by atoms with Gasteiger partial charge in [0.05, 0.1) is 17.7 Å². The van der Waals surface area contributed by atoms with E-state index in [4.69, 9.17) is 9.15 Å². The minimum Gasteiger partial charge on any atom is -0.497 e. The Kier molecular flexibility index (Phi) is 4.76. The van der Waals surface area contributed by atoms with E-state index < -0.39 is 0 Å². The highest BCUT2D eigenvalue weighted by Crippen LogP contribution is 2.34. The second-order valence-corrected chi connectivity index (χ2v) is 6.21. The monoisotopic (exact) mass is 342 g/mol. The summed E-state index contributed by atoms with van der Waals surface area (Å²) in [6.45, 7) is 4.37. The summed E-state index contributed by atoms with van der Waals surface area (Å²) in [5.41, 5.74) is 0.777. The Balaban J connectivity index is 1.89. The van der Waals surface area contributed by atoms with Crippen LogP contribution in [0.4, 0.5) is 5.69 Å². The van der Waals surface area contributed by atoms with Crippen molar-refractivity contribution in [2.75, 3.05) is 13.7 Å². The number of methoxy groups -OCH3 is 1. The largest absolute Gasteiger partial charge is 0.497 e. The number of hydrogen-bond donors (Lipinski definition) is 0. The van der Waals surface area contributed by atoms with Crippen LogP contribution in [-0.2, 0) is 4.79 Å². The summed E-state index contributed by atoms with van der Waals surface area (Å²) in [4.78, 5) is 19.4. The summed E-state index contributed by atoms with van der Waals surface area (Å²) in [7, 11) is 1.62. The summed E-state index contributed by atoms with van der Waals surface area (Å²) in [6.07, 6.45) is 1.76. The Morgan fingerprint density at radius 1 is 1.25 bits per heavy atom. The molecule has 0 atom stereocenters. The minimum atomic E-state index is -0.0520. The molecule has 1 fully saturated rings. The second kappa shape index (κ2) is 6.97. The number of aryl methyl sites for hydroxylation is 1. The van der Waals surface area contributed by atoms with Gasteiger partial charge in [0.2, 0.25) is 0 Å². The van der Waals surface area contributed by atoms with Gasteiger partial charge >= 0.3 is 0 Å². The number of benzene rings is 1. The molecule has 0 spiro atoms. The number of amides is 1. The first-order valence-corrected chi connectivity index (χ1v) is 8.43. The predicted octanol–water partition coefficient (Wildman–Crippen LogP) is 4.22. The van der Waals surface area contributed by atoms with Crippen molar-refractivity contribution in [3.8, 4) is 5.75 Å². The lowest BCUT2D eigenvalue weighted by Crippen LogP contribution is -2.28. The van der Waals surface area contributed by atoms with Gasteiger partial charge in [0.1, 0.15) is 17.3 Å². The van der Waals surface area contributed by atoms with E-state index in [1.165, 1.54) is 11.8 Å². The number of carbonyl (C=O) groups is 1. The van der Waals surface area contributed by atoms with Crippen LogP contribution in [0.25, 0.3) is 6.08 Å². The molecule has 0 radical (unpaired) electrons. The molecule has 2 aromatic rings. The van der Waals surface area contributed by atoms with E-state index in [0.29, 0.717) is 22.4 Å². The number of ether oxygens (including phenoxy) is 1. The van der Waals surface area contributed by atoms with Crippen LogP contribution >= 0.6 is 11.8 Å². The summed E-state index contributed by atoms with van der Waals surface area (Å²) in [6, 6.07) is 11.1. The Morgan fingerprint density at radius 3 is 2.58 bits per heavy atom. The molecule has 1 aliphatic rings. The van der Waals surface area contributed by atoms with Crippen LogP contribution in [0.5, 0.6) is 5.75 Å². The normalized spacial score (nSPS) is 18.0. The first-order valence-electron chi connectivity index (χ1n) is 7.61. The van der Waals surface area contributed by atoms with Crippen molar-refractivity contribution in [2.24, 2.45) is 4.99 Å². The molecule has 1 aliphatic heterocycles. The lowest BCUT2D eigenvalue weighted by Gasteiger charge is -2.12. The van der Waals surface area contributed by atoms with Crippen molar-refractivity contribution >= 4 is 34.6 Å². The number of nitrogens with zero attached hydrogens (tertiary/aromatic N) is 2. The Hall–Kier alpha value is -2.47. The molecule has 124 valence electrons. The van der Waals surface area contributed by atoms with Gasteiger partial charge < -0.3 is 9.15 Å². The number of rotatable bonds is 4. The van der Waals surface area contributed by atoms with Crippen molar-refractivity contribution in [3.63, 3.8) is 0 Å². The average Bonchev–Trinajstić information content (AvgIpc) is 3.12. The zero-order chi connectivity index (χ0) is 17.1. The molecule has 0 N–H and O–H groups in total. The van der Waals surface area contributed by atoms with Gasteiger partial charge in [0.15, 0.2) is 5.17 Å². The number of hydrogen-bond acceptors (Lipinski definition) is 5. The molecule has 1 saturated heterocycles. The molecule has 1 amide bonds. The second-order valence-electron chi connectivity index (χ2n) is 5.20. The maximum atomic E-state index is 12.5. The summed E-state index contributed by atoms with van der Waals surface area (Å²) in [5, 5.41) is 0.669. The molecule has 1 aromatic heterocycles. The molecule has 1 aromatic carbocycles. The van der Waals surface area contributed by atoms with Crippen LogP contribution in [0.1, 0.15) is 18.4 Å².